The van der Waals surface area contributed by atoms with Crippen molar-refractivity contribution in [1.29, 1.82) is 0 Å². The molecule has 4 aromatic rings. The molecule has 0 amide bonds. The fraction of sp³-hybridized carbons (Fsp3) is 0.286. The standard InChI is InChI=1S/C21H22FN7S/c1-2-16-21(29-18(25-16)7-8-19(27-29)28-10-15(23)11-28)24-9-20-26-17(12-30-20)13-3-5-14(22)6-4-13/h3-8,12,15,24H,2,9-11,23H2,1H3. The van der Waals surface area contributed by atoms with Gasteiger partial charge in [0, 0.05) is 30.1 Å². The number of hydrogen-bond donors (Lipinski definition) is 2. The van der Waals surface area contributed by atoms with E-state index >= 15 is 0 Å². The maximum absolute atomic E-state index is 13.2. The van der Waals surface area contributed by atoms with Crippen LogP contribution >= 0.6 is 11.3 Å². The molecule has 1 aromatic carbocycles. The Kier molecular flexibility index (Phi) is 4.84. The Hall–Kier alpha value is -3.04. The number of thiazole rings is 1. The summed E-state index contributed by atoms with van der Waals surface area (Å²) in [5.74, 6) is 1.54. The number of aryl methyl sites for hydroxylation is 1. The normalized spacial score (nSPS) is 14.3. The number of nitrogens with two attached hydrogens (primary N) is 1. The fourth-order valence-electron chi connectivity index (χ4n) is 3.57. The predicted octanol–water partition coefficient (Wildman–Crippen LogP) is 3.31. The molecule has 3 N–H and O–H groups in total. The molecular weight excluding hydrogens is 401 g/mol. The average Bonchev–Trinajstić information content (AvgIpc) is 3.34. The van der Waals surface area contributed by atoms with Gasteiger partial charge in [0.15, 0.2) is 11.5 Å². The van der Waals surface area contributed by atoms with Gasteiger partial charge in [-0.25, -0.2) is 14.4 Å². The summed E-state index contributed by atoms with van der Waals surface area (Å²) in [5.41, 5.74) is 9.45. The molecule has 154 valence electrons. The highest BCUT2D eigenvalue weighted by atomic mass is 32.1. The van der Waals surface area contributed by atoms with Crippen molar-refractivity contribution >= 4 is 28.6 Å². The van der Waals surface area contributed by atoms with Crippen LogP contribution in [0.5, 0.6) is 0 Å². The van der Waals surface area contributed by atoms with Crippen LogP contribution in [0.2, 0.25) is 0 Å². The van der Waals surface area contributed by atoms with E-state index in [2.05, 4.69) is 22.1 Å². The third-order valence-electron chi connectivity index (χ3n) is 5.20. The molecule has 1 fully saturated rings. The SMILES string of the molecule is CCc1nc2ccc(N3CC(N)C3)nn2c1NCc1nc(-c2ccc(F)cc2)cs1. The largest absolute Gasteiger partial charge is 0.362 e. The Morgan fingerprint density at radius 3 is 2.70 bits per heavy atom. The molecule has 0 radical (unpaired) electrons. The fourth-order valence-corrected chi connectivity index (χ4v) is 4.31. The molecule has 0 atom stereocenters. The lowest BCUT2D eigenvalue weighted by atomic mass is 10.1. The molecule has 0 bridgehead atoms. The van der Waals surface area contributed by atoms with Gasteiger partial charge in [0.05, 0.1) is 17.9 Å². The van der Waals surface area contributed by atoms with Crippen molar-refractivity contribution in [3.8, 4) is 11.3 Å². The van der Waals surface area contributed by atoms with Crippen LogP contribution in [0.4, 0.5) is 16.0 Å². The highest BCUT2D eigenvalue weighted by Gasteiger charge is 2.25. The molecule has 0 spiro atoms. The number of fused-ring (bicyclic) bond motifs is 1. The minimum atomic E-state index is -0.248. The topological polar surface area (TPSA) is 84.4 Å². The first-order valence-electron chi connectivity index (χ1n) is 9.94. The molecule has 0 unspecified atom stereocenters. The minimum absolute atomic E-state index is 0.217. The summed E-state index contributed by atoms with van der Waals surface area (Å²) >= 11 is 1.57. The van der Waals surface area contributed by atoms with E-state index in [0.717, 1.165) is 58.8 Å². The first-order valence-corrected chi connectivity index (χ1v) is 10.8. The minimum Gasteiger partial charge on any atom is -0.362 e. The molecule has 4 heterocycles. The van der Waals surface area contributed by atoms with Crippen LogP contribution in [0.25, 0.3) is 16.9 Å². The number of halogens is 1. The van der Waals surface area contributed by atoms with Crippen LogP contribution in [-0.4, -0.2) is 38.7 Å². The zero-order valence-corrected chi connectivity index (χ0v) is 17.4. The van der Waals surface area contributed by atoms with Crippen molar-refractivity contribution < 1.29 is 4.39 Å². The Bertz CT molecular complexity index is 1180. The van der Waals surface area contributed by atoms with Gasteiger partial charge < -0.3 is 16.0 Å². The van der Waals surface area contributed by atoms with Gasteiger partial charge in [-0.05, 0) is 42.8 Å². The number of nitrogens with one attached hydrogen (secondary N) is 1. The number of nitrogens with zero attached hydrogens (tertiary/aromatic N) is 5. The van der Waals surface area contributed by atoms with Crippen molar-refractivity contribution in [1.82, 2.24) is 19.6 Å². The number of benzene rings is 1. The molecule has 0 aliphatic carbocycles. The van der Waals surface area contributed by atoms with Gasteiger partial charge in [0.2, 0.25) is 0 Å². The van der Waals surface area contributed by atoms with Gasteiger partial charge in [0.25, 0.3) is 0 Å². The zero-order chi connectivity index (χ0) is 20.7. The summed E-state index contributed by atoms with van der Waals surface area (Å²) in [6.45, 7) is 4.29. The molecule has 1 aliphatic rings. The van der Waals surface area contributed by atoms with Gasteiger partial charge in [-0.2, -0.15) is 4.52 Å². The van der Waals surface area contributed by atoms with Crippen LogP contribution in [0, 0.1) is 5.82 Å². The second-order valence-corrected chi connectivity index (χ2v) is 8.32. The average molecular weight is 424 g/mol. The summed E-state index contributed by atoms with van der Waals surface area (Å²) in [6, 6.07) is 10.6. The van der Waals surface area contributed by atoms with E-state index in [1.165, 1.54) is 12.1 Å². The maximum Gasteiger partial charge on any atom is 0.156 e. The first-order chi connectivity index (χ1) is 14.6. The van der Waals surface area contributed by atoms with Crippen LogP contribution in [0.3, 0.4) is 0 Å². The van der Waals surface area contributed by atoms with E-state index in [1.807, 2.05) is 22.0 Å². The third kappa shape index (κ3) is 3.50. The van der Waals surface area contributed by atoms with Gasteiger partial charge in [0.1, 0.15) is 16.6 Å². The second kappa shape index (κ2) is 7.66. The first kappa shape index (κ1) is 19.0. The summed E-state index contributed by atoms with van der Waals surface area (Å²) in [4.78, 5) is 11.6. The smallest absolute Gasteiger partial charge is 0.156 e. The molecule has 7 nitrogen and oxygen atoms in total. The van der Waals surface area contributed by atoms with Crippen molar-refractivity contribution in [3.63, 3.8) is 0 Å². The van der Waals surface area contributed by atoms with Gasteiger partial charge >= 0.3 is 0 Å². The molecule has 1 saturated heterocycles. The number of imidazole rings is 1. The van der Waals surface area contributed by atoms with Crippen molar-refractivity contribution in [2.24, 2.45) is 5.73 Å². The summed E-state index contributed by atoms with van der Waals surface area (Å²) in [5, 5.41) is 11.2. The highest BCUT2D eigenvalue weighted by Crippen LogP contribution is 2.25. The number of rotatable bonds is 6. The number of hydrogen-bond acceptors (Lipinski definition) is 7. The molecule has 1 aliphatic heterocycles. The van der Waals surface area contributed by atoms with E-state index in [1.54, 1.807) is 23.5 Å². The Morgan fingerprint density at radius 2 is 1.97 bits per heavy atom. The summed E-state index contributed by atoms with van der Waals surface area (Å²) in [6.07, 6.45) is 0.800. The van der Waals surface area contributed by atoms with E-state index in [0.29, 0.717) is 6.54 Å². The van der Waals surface area contributed by atoms with E-state index in [4.69, 9.17) is 15.8 Å². The van der Waals surface area contributed by atoms with Gasteiger partial charge in [-0.15, -0.1) is 16.4 Å². The Labute approximate surface area is 177 Å². The van der Waals surface area contributed by atoms with Crippen molar-refractivity contribution in [2.45, 2.75) is 25.9 Å². The monoisotopic (exact) mass is 423 g/mol. The highest BCUT2D eigenvalue weighted by molar-refractivity contribution is 7.09. The molecule has 5 rings (SSSR count). The summed E-state index contributed by atoms with van der Waals surface area (Å²) in [7, 11) is 0. The molecule has 0 saturated carbocycles. The molecular formula is C21H22FN7S. The quantitative estimate of drug-likeness (QED) is 0.495. The van der Waals surface area contributed by atoms with Crippen LogP contribution in [0.1, 0.15) is 17.6 Å². The Balaban J connectivity index is 1.38. The van der Waals surface area contributed by atoms with Crippen LogP contribution < -0.4 is 16.0 Å². The lowest BCUT2D eigenvalue weighted by molar-refractivity contribution is 0.511. The molecule has 9 heteroatoms. The van der Waals surface area contributed by atoms with Gasteiger partial charge in [-0.1, -0.05) is 6.92 Å². The number of anilines is 2. The van der Waals surface area contributed by atoms with Gasteiger partial charge in [-0.3, -0.25) is 0 Å². The number of aromatic nitrogens is 4. The van der Waals surface area contributed by atoms with E-state index in [9.17, 15) is 4.39 Å². The Morgan fingerprint density at radius 1 is 1.17 bits per heavy atom. The lowest BCUT2D eigenvalue weighted by Gasteiger charge is -2.37. The van der Waals surface area contributed by atoms with Crippen molar-refractivity contribution in [3.05, 3.63) is 58.3 Å². The predicted molar refractivity (Wildman–Crippen MR) is 117 cm³/mol. The molecule has 30 heavy (non-hydrogen) atoms. The van der Waals surface area contributed by atoms with E-state index in [-0.39, 0.29) is 11.9 Å². The van der Waals surface area contributed by atoms with Crippen LogP contribution in [-0.2, 0) is 13.0 Å². The second-order valence-electron chi connectivity index (χ2n) is 7.37. The van der Waals surface area contributed by atoms with E-state index < -0.39 is 0 Å². The summed E-state index contributed by atoms with van der Waals surface area (Å²) < 4.78 is 15.0. The lowest BCUT2D eigenvalue weighted by Crippen LogP contribution is -2.56. The maximum atomic E-state index is 13.2. The zero-order valence-electron chi connectivity index (χ0n) is 16.5. The third-order valence-corrected chi connectivity index (χ3v) is 6.05. The van der Waals surface area contributed by atoms with Crippen molar-refractivity contribution in [2.75, 3.05) is 23.3 Å². The molecule has 3 aromatic heterocycles. The van der Waals surface area contributed by atoms with Crippen LogP contribution in [0.15, 0.2) is 41.8 Å².